The standard InChI is InChI=1S/C18H19FN6O2/c1-11(26)14-5-3-13(4-6-14)10-20-18(27)21-15-7-8-16(19)17(9-15)25-12(2)22-23-24-25/h3-9,11,26H,10H2,1-2H3,(H2,20,21,27). The summed E-state index contributed by atoms with van der Waals surface area (Å²) in [6.07, 6.45) is -0.535. The van der Waals surface area contributed by atoms with E-state index in [-0.39, 0.29) is 5.69 Å². The van der Waals surface area contributed by atoms with Crippen LogP contribution in [0.1, 0.15) is 30.0 Å². The number of rotatable bonds is 5. The van der Waals surface area contributed by atoms with Gasteiger partial charge in [0, 0.05) is 12.2 Å². The van der Waals surface area contributed by atoms with Crippen LogP contribution in [0.25, 0.3) is 5.69 Å². The van der Waals surface area contributed by atoms with Gasteiger partial charge in [-0.2, -0.15) is 4.68 Å². The first kappa shape index (κ1) is 18.5. The van der Waals surface area contributed by atoms with Gasteiger partial charge in [-0.3, -0.25) is 0 Å². The molecule has 0 aliphatic heterocycles. The number of benzene rings is 2. The third kappa shape index (κ3) is 4.45. The fourth-order valence-electron chi connectivity index (χ4n) is 2.48. The third-order valence-corrected chi connectivity index (χ3v) is 3.97. The summed E-state index contributed by atoms with van der Waals surface area (Å²) in [7, 11) is 0. The molecule has 1 atom stereocenters. The Morgan fingerprint density at radius 2 is 2.00 bits per heavy atom. The third-order valence-electron chi connectivity index (χ3n) is 3.97. The lowest BCUT2D eigenvalue weighted by Gasteiger charge is -2.11. The van der Waals surface area contributed by atoms with E-state index in [0.29, 0.717) is 18.1 Å². The number of halogens is 1. The largest absolute Gasteiger partial charge is 0.389 e. The average Bonchev–Trinajstić information content (AvgIpc) is 3.07. The molecule has 3 N–H and O–H groups in total. The Balaban J connectivity index is 1.63. The molecule has 1 aromatic heterocycles. The molecule has 9 heteroatoms. The maximum Gasteiger partial charge on any atom is 0.319 e. The summed E-state index contributed by atoms with van der Waals surface area (Å²) in [6, 6.07) is 11.0. The van der Waals surface area contributed by atoms with Crippen molar-refractivity contribution < 1.29 is 14.3 Å². The first-order valence-electron chi connectivity index (χ1n) is 8.30. The zero-order valence-electron chi connectivity index (χ0n) is 14.8. The highest BCUT2D eigenvalue weighted by Gasteiger charge is 2.11. The molecular formula is C18H19FN6O2. The highest BCUT2D eigenvalue weighted by atomic mass is 19.1. The summed E-state index contributed by atoms with van der Waals surface area (Å²) < 4.78 is 15.3. The maximum absolute atomic E-state index is 14.0. The minimum absolute atomic E-state index is 0.143. The lowest BCUT2D eigenvalue weighted by atomic mass is 10.1. The van der Waals surface area contributed by atoms with Crippen molar-refractivity contribution in [1.29, 1.82) is 0 Å². The van der Waals surface area contributed by atoms with Crippen molar-refractivity contribution >= 4 is 11.7 Å². The molecule has 3 rings (SSSR count). The molecule has 0 aliphatic carbocycles. The number of nitrogens with zero attached hydrogens (tertiary/aromatic N) is 4. The smallest absolute Gasteiger partial charge is 0.319 e. The first-order chi connectivity index (χ1) is 12.9. The number of aryl methyl sites for hydroxylation is 1. The number of nitrogens with one attached hydrogen (secondary N) is 2. The van der Waals surface area contributed by atoms with E-state index in [1.807, 2.05) is 12.1 Å². The predicted molar refractivity (Wildman–Crippen MR) is 96.8 cm³/mol. The van der Waals surface area contributed by atoms with Crippen molar-refractivity contribution in [3.05, 3.63) is 65.2 Å². The summed E-state index contributed by atoms with van der Waals surface area (Å²) in [4.78, 5) is 12.1. The Kier molecular flexibility index (Phi) is 5.41. The predicted octanol–water partition coefficient (Wildman–Crippen LogP) is 2.48. The van der Waals surface area contributed by atoms with Crippen LogP contribution >= 0.6 is 0 Å². The van der Waals surface area contributed by atoms with Crippen LogP contribution in [0.15, 0.2) is 42.5 Å². The number of hydrogen-bond donors (Lipinski definition) is 3. The molecule has 2 aromatic carbocycles. The topological polar surface area (TPSA) is 105 Å². The molecule has 0 aliphatic rings. The van der Waals surface area contributed by atoms with Gasteiger partial charge < -0.3 is 15.7 Å². The number of tetrazole rings is 1. The van der Waals surface area contributed by atoms with Crippen LogP contribution in [0.2, 0.25) is 0 Å². The van der Waals surface area contributed by atoms with Gasteiger partial charge >= 0.3 is 6.03 Å². The van der Waals surface area contributed by atoms with Crippen LogP contribution in [0.5, 0.6) is 0 Å². The lowest BCUT2D eigenvalue weighted by Crippen LogP contribution is -2.28. The minimum atomic E-state index is -0.535. The molecule has 3 aromatic rings. The van der Waals surface area contributed by atoms with Gasteiger partial charge in [0.05, 0.1) is 6.10 Å². The Labute approximate surface area is 155 Å². The van der Waals surface area contributed by atoms with Crippen molar-refractivity contribution in [2.45, 2.75) is 26.5 Å². The fraction of sp³-hybridized carbons (Fsp3) is 0.222. The molecule has 0 fully saturated rings. The van der Waals surface area contributed by atoms with E-state index in [0.717, 1.165) is 11.1 Å². The van der Waals surface area contributed by atoms with Crippen molar-refractivity contribution in [3.8, 4) is 5.69 Å². The second-order valence-electron chi connectivity index (χ2n) is 6.03. The van der Waals surface area contributed by atoms with E-state index in [9.17, 15) is 14.3 Å². The van der Waals surface area contributed by atoms with Gasteiger partial charge in [-0.05, 0) is 53.6 Å². The van der Waals surface area contributed by atoms with Gasteiger partial charge in [0.1, 0.15) is 11.5 Å². The Hall–Kier alpha value is -3.33. The molecule has 0 saturated carbocycles. The normalized spacial score (nSPS) is 11.9. The summed E-state index contributed by atoms with van der Waals surface area (Å²) in [5.74, 6) is -0.0781. The monoisotopic (exact) mass is 370 g/mol. The van der Waals surface area contributed by atoms with E-state index in [1.165, 1.54) is 22.9 Å². The molecular weight excluding hydrogens is 351 g/mol. The number of amides is 2. The highest BCUT2D eigenvalue weighted by molar-refractivity contribution is 5.89. The van der Waals surface area contributed by atoms with E-state index in [4.69, 9.17) is 0 Å². The molecule has 2 amide bonds. The average molecular weight is 370 g/mol. The molecule has 27 heavy (non-hydrogen) atoms. The summed E-state index contributed by atoms with van der Waals surface area (Å²) in [6.45, 7) is 3.65. The van der Waals surface area contributed by atoms with Crippen LogP contribution in [0.3, 0.4) is 0 Å². The van der Waals surface area contributed by atoms with Crippen LogP contribution < -0.4 is 10.6 Å². The highest BCUT2D eigenvalue weighted by Crippen LogP contribution is 2.19. The lowest BCUT2D eigenvalue weighted by molar-refractivity contribution is 0.199. The van der Waals surface area contributed by atoms with Crippen molar-refractivity contribution in [3.63, 3.8) is 0 Å². The maximum atomic E-state index is 14.0. The SMILES string of the molecule is Cc1nnnn1-c1cc(NC(=O)NCc2ccc(C(C)O)cc2)ccc1F. The number of carbonyl (C=O) groups excluding carboxylic acids is 1. The van der Waals surface area contributed by atoms with Gasteiger partial charge in [0.15, 0.2) is 5.82 Å². The van der Waals surface area contributed by atoms with Gasteiger partial charge in [-0.25, -0.2) is 9.18 Å². The number of urea groups is 1. The van der Waals surface area contributed by atoms with Gasteiger partial charge in [-0.15, -0.1) is 5.10 Å². The zero-order chi connectivity index (χ0) is 19.4. The molecule has 1 unspecified atom stereocenters. The number of aliphatic hydroxyl groups excluding tert-OH is 1. The second-order valence-corrected chi connectivity index (χ2v) is 6.03. The zero-order valence-corrected chi connectivity index (χ0v) is 14.8. The van der Waals surface area contributed by atoms with Crippen LogP contribution in [0, 0.1) is 12.7 Å². The molecule has 1 heterocycles. The molecule has 0 saturated heterocycles. The van der Waals surface area contributed by atoms with E-state index >= 15 is 0 Å². The van der Waals surface area contributed by atoms with Gasteiger partial charge in [0.25, 0.3) is 0 Å². The molecule has 0 spiro atoms. The number of hydrogen-bond acceptors (Lipinski definition) is 5. The number of anilines is 1. The summed E-state index contributed by atoms with van der Waals surface area (Å²) >= 11 is 0. The Morgan fingerprint density at radius 3 is 2.63 bits per heavy atom. The molecule has 0 radical (unpaired) electrons. The van der Waals surface area contributed by atoms with Gasteiger partial charge in [-0.1, -0.05) is 24.3 Å². The summed E-state index contributed by atoms with van der Waals surface area (Å²) in [5.41, 5.74) is 2.24. The number of carbonyl (C=O) groups is 1. The van der Waals surface area contributed by atoms with E-state index < -0.39 is 18.0 Å². The molecule has 140 valence electrons. The quantitative estimate of drug-likeness (QED) is 0.640. The van der Waals surface area contributed by atoms with Crippen molar-refractivity contribution in [2.75, 3.05) is 5.32 Å². The number of aliphatic hydroxyl groups is 1. The molecule has 0 bridgehead atoms. The van der Waals surface area contributed by atoms with Gasteiger partial charge in [0.2, 0.25) is 0 Å². The van der Waals surface area contributed by atoms with Crippen LogP contribution in [0.4, 0.5) is 14.9 Å². The van der Waals surface area contributed by atoms with Crippen LogP contribution in [-0.4, -0.2) is 31.3 Å². The Morgan fingerprint density at radius 1 is 1.26 bits per heavy atom. The van der Waals surface area contributed by atoms with Crippen LogP contribution in [-0.2, 0) is 6.54 Å². The Bertz CT molecular complexity index is 939. The fourth-order valence-corrected chi connectivity index (χ4v) is 2.48. The van der Waals surface area contributed by atoms with E-state index in [1.54, 1.807) is 26.0 Å². The minimum Gasteiger partial charge on any atom is -0.389 e. The number of aromatic nitrogens is 4. The van der Waals surface area contributed by atoms with Crippen molar-refractivity contribution in [1.82, 2.24) is 25.5 Å². The second kappa shape index (κ2) is 7.92. The van der Waals surface area contributed by atoms with Crippen molar-refractivity contribution in [2.24, 2.45) is 0 Å². The van der Waals surface area contributed by atoms with E-state index in [2.05, 4.69) is 26.2 Å². The molecule has 8 nitrogen and oxygen atoms in total. The first-order valence-corrected chi connectivity index (χ1v) is 8.30. The summed E-state index contributed by atoms with van der Waals surface area (Å²) in [5, 5.41) is 25.8.